The van der Waals surface area contributed by atoms with E-state index in [2.05, 4.69) is 4.99 Å². The Morgan fingerprint density at radius 3 is 2.58 bits per heavy atom. The van der Waals surface area contributed by atoms with Crippen molar-refractivity contribution in [3.05, 3.63) is 68.5 Å². The van der Waals surface area contributed by atoms with E-state index in [1.54, 1.807) is 17.0 Å². The Kier molecular flexibility index (Phi) is 6.07. The van der Waals surface area contributed by atoms with E-state index in [4.69, 9.17) is 23.2 Å². The molecule has 0 N–H and O–H groups in total. The van der Waals surface area contributed by atoms with E-state index in [0.717, 1.165) is 17.7 Å². The summed E-state index contributed by atoms with van der Waals surface area (Å²) in [5.41, 5.74) is 2.72. The number of rotatable bonds is 4. The Balaban J connectivity index is 1.97. The average Bonchev–Trinajstić information content (AvgIpc) is 2.90. The minimum absolute atomic E-state index is 0.0567. The second-order valence-corrected chi connectivity index (χ2v) is 7.73. The van der Waals surface area contributed by atoms with Gasteiger partial charge in [0.05, 0.1) is 20.6 Å². The van der Waals surface area contributed by atoms with Gasteiger partial charge in [0.2, 0.25) is 0 Å². The summed E-state index contributed by atoms with van der Waals surface area (Å²) < 4.78 is 0. The summed E-state index contributed by atoms with van der Waals surface area (Å²) in [6, 6.07) is 13.3. The molecule has 0 aromatic heterocycles. The third kappa shape index (κ3) is 4.14. The maximum absolute atomic E-state index is 12.8. The predicted molar refractivity (Wildman–Crippen MR) is 112 cm³/mol. The molecule has 0 unspecified atom stereocenters. The van der Waals surface area contributed by atoms with E-state index >= 15 is 0 Å². The predicted octanol–water partition coefficient (Wildman–Crippen LogP) is 6.32. The fraction of sp³-hybridized carbons (Fsp3) is 0.200. The lowest BCUT2D eigenvalue weighted by Gasteiger charge is -2.14. The van der Waals surface area contributed by atoms with Crippen LogP contribution in [0.2, 0.25) is 10.0 Å². The zero-order valence-corrected chi connectivity index (χ0v) is 16.8. The SMILES string of the molecule is CCCN1C(=O)/C(=C\c2cccc(Cl)c2Cl)SC1=Nc1ccc(C)cc1. The van der Waals surface area contributed by atoms with E-state index in [9.17, 15) is 4.79 Å². The van der Waals surface area contributed by atoms with Crippen LogP contribution < -0.4 is 0 Å². The molecule has 1 amide bonds. The van der Waals surface area contributed by atoms with Crippen LogP contribution in [0.1, 0.15) is 24.5 Å². The lowest BCUT2D eigenvalue weighted by atomic mass is 10.2. The number of aliphatic imine (C=N–C) groups is 1. The van der Waals surface area contributed by atoms with Crippen LogP contribution >= 0.6 is 35.0 Å². The first-order valence-electron chi connectivity index (χ1n) is 8.30. The highest BCUT2D eigenvalue weighted by Crippen LogP contribution is 2.36. The van der Waals surface area contributed by atoms with Gasteiger partial charge in [-0.1, -0.05) is 60.0 Å². The van der Waals surface area contributed by atoms with Crippen molar-refractivity contribution >= 4 is 57.8 Å². The van der Waals surface area contributed by atoms with Crippen LogP contribution in [0.5, 0.6) is 0 Å². The van der Waals surface area contributed by atoms with Crippen LogP contribution in [-0.4, -0.2) is 22.5 Å². The topological polar surface area (TPSA) is 32.7 Å². The zero-order valence-electron chi connectivity index (χ0n) is 14.5. The Hall–Kier alpha value is -1.75. The maximum Gasteiger partial charge on any atom is 0.266 e. The van der Waals surface area contributed by atoms with Gasteiger partial charge in [0.25, 0.3) is 5.91 Å². The minimum Gasteiger partial charge on any atom is -0.286 e. The molecule has 1 saturated heterocycles. The highest BCUT2D eigenvalue weighted by atomic mass is 35.5. The van der Waals surface area contributed by atoms with Crippen molar-refractivity contribution in [1.29, 1.82) is 0 Å². The summed E-state index contributed by atoms with van der Waals surface area (Å²) >= 11 is 13.7. The molecule has 3 nitrogen and oxygen atoms in total. The molecule has 0 saturated carbocycles. The van der Waals surface area contributed by atoms with Crippen LogP contribution in [-0.2, 0) is 4.79 Å². The van der Waals surface area contributed by atoms with Gasteiger partial charge in [0.15, 0.2) is 5.17 Å². The molecule has 2 aromatic rings. The van der Waals surface area contributed by atoms with Crippen LogP contribution in [0.3, 0.4) is 0 Å². The van der Waals surface area contributed by atoms with Crippen LogP contribution in [0.25, 0.3) is 6.08 Å². The van der Waals surface area contributed by atoms with Crippen molar-refractivity contribution in [1.82, 2.24) is 4.90 Å². The largest absolute Gasteiger partial charge is 0.286 e. The summed E-state index contributed by atoms with van der Waals surface area (Å²) in [5, 5.41) is 1.60. The van der Waals surface area contributed by atoms with Gasteiger partial charge in [0.1, 0.15) is 0 Å². The smallest absolute Gasteiger partial charge is 0.266 e. The standard InChI is InChI=1S/C20H18Cl2N2OS/c1-3-11-24-19(25)17(12-14-5-4-6-16(21)18(14)22)26-20(24)23-15-9-7-13(2)8-10-15/h4-10,12H,3,11H2,1-2H3/b17-12+,23-20?. The molecule has 1 fully saturated rings. The van der Waals surface area contributed by atoms with Crippen LogP contribution in [0.4, 0.5) is 5.69 Å². The molecule has 1 aliphatic rings. The first-order valence-corrected chi connectivity index (χ1v) is 9.87. The Bertz CT molecular complexity index is 891. The number of thioether (sulfide) groups is 1. The number of hydrogen-bond acceptors (Lipinski definition) is 3. The van der Waals surface area contributed by atoms with Gasteiger partial charge < -0.3 is 0 Å². The van der Waals surface area contributed by atoms with Crippen molar-refractivity contribution < 1.29 is 4.79 Å². The number of nitrogens with zero attached hydrogens (tertiary/aromatic N) is 2. The number of carbonyl (C=O) groups is 1. The molecule has 1 aliphatic heterocycles. The quantitative estimate of drug-likeness (QED) is 0.558. The molecule has 0 aliphatic carbocycles. The summed E-state index contributed by atoms with van der Waals surface area (Å²) in [6.45, 7) is 4.69. The molecule has 26 heavy (non-hydrogen) atoms. The molecule has 0 radical (unpaired) electrons. The minimum atomic E-state index is -0.0567. The van der Waals surface area contributed by atoms with Gasteiger partial charge in [0, 0.05) is 6.54 Å². The monoisotopic (exact) mass is 404 g/mol. The highest BCUT2D eigenvalue weighted by molar-refractivity contribution is 8.18. The Morgan fingerprint density at radius 2 is 1.88 bits per heavy atom. The number of amidine groups is 1. The third-order valence-electron chi connectivity index (χ3n) is 3.86. The summed E-state index contributed by atoms with van der Waals surface area (Å²) in [6.07, 6.45) is 2.63. The van der Waals surface area contributed by atoms with Crippen molar-refractivity contribution in [3.63, 3.8) is 0 Å². The van der Waals surface area contributed by atoms with Crippen molar-refractivity contribution in [2.45, 2.75) is 20.3 Å². The lowest BCUT2D eigenvalue weighted by molar-refractivity contribution is -0.122. The molecule has 2 aromatic carbocycles. The number of amides is 1. The van der Waals surface area contributed by atoms with E-state index in [1.807, 2.05) is 50.2 Å². The van der Waals surface area contributed by atoms with E-state index in [0.29, 0.717) is 26.7 Å². The average molecular weight is 405 g/mol. The number of halogens is 2. The molecular weight excluding hydrogens is 387 g/mol. The van der Waals surface area contributed by atoms with E-state index < -0.39 is 0 Å². The molecule has 1 heterocycles. The number of benzene rings is 2. The summed E-state index contributed by atoms with van der Waals surface area (Å²) in [4.78, 5) is 19.8. The molecular formula is C20H18Cl2N2OS. The highest BCUT2D eigenvalue weighted by Gasteiger charge is 2.32. The molecule has 0 bridgehead atoms. The first kappa shape index (κ1) is 19.0. The van der Waals surface area contributed by atoms with Gasteiger partial charge in [-0.25, -0.2) is 4.99 Å². The number of aryl methyl sites for hydroxylation is 1. The van der Waals surface area contributed by atoms with E-state index in [1.165, 1.54) is 17.3 Å². The Labute approximate surface area is 167 Å². The fourth-order valence-electron chi connectivity index (χ4n) is 2.52. The van der Waals surface area contributed by atoms with Crippen molar-refractivity contribution in [2.75, 3.05) is 6.54 Å². The number of hydrogen-bond donors (Lipinski definition) is 0. The lowest BCUT2D eigenvalue weighted by Crippen LogP contribution is -2.29. The second kappa shape index (κ2) is 8.30. The molecule has 6 heteroatoms. The maximum atomic E-state index is 12.8. The molecule has 134 valence electrons. The Morgan fingerprint density at radius 1 is 1.15 bits per heavy atom. The molecule has 0 atom stereocenters. The van der Waals surface area contributed by atoms with Crippen LogP contribution in [0.15, 0.2) is 52.4 Å². The third-order valence-corrected chi connectivity index (χ3v) is 5.70. The van der Waals surface area contributed by atoms with Gasteiger partial charge >= 0.3 is 0 Å². The normalized spacial score (nSPS) is 17.5. The van der Waals surface area contributed by atoms with Gasteiger partial charge in [-0.15, -0.1) is 0 Å². The zero-order chi connectivity index (χ0) is 18.7. The first-order chi connectivity index (χ1) is 12.5. The molecule has 0 spiro atoms. The molecule has 3 rings (SSSR count). The second-order valence-electron chi connectivity index (χ2n) is 5.94. The van der Waals surface area contributed by atoms with Gasteiger partial charge in [-0.3, -0.25) is 9.69 Å². The van der Waals surface area contributed by atoms with Crippen LogP contribution in [0, 0.1) is 6.92 Å². The summed E-state index contributed by atoms with van der Waals surface area (Å²) in [5.74, 6) is -0.0567. The number of carbonyl (C=O) groups excluding carboxylic acids is 1. The fourth-order valence-corrected chi connectivity index (χ4v) is 3.89. The van der Waals surface area contributed by atoms with Crippen molar-refractivity contribution in [2.24, 2.45) is 4.99 Å². The van der Waals surface area contributed by atoms with Crippen molar-refractivity contribution in [3.8, 4) is 0 Å². The van der Waals surface area contributed by atoms with E-state index in [-0.39, 0.29) is 5.91 Å². The van der Waals surface area contributed by atoms with Gasteiger partial charge in [-0.05, 0) is 54.9 Å². The summed E-state index contributed by atoms with van der Waals surface area (Å²) in [7, 11) is 0. The van der Waals surface area contributed by atoms with Gasteiger partial charge in [-0.2, -0.15) is 0 Å².